The molecule has 0 amide bonds. The zero-order valence-electron chi connectivity index (χ0n) is 17.1. The highest BCUT2D eigenvalue weighted by Gasteiger charge is 2.24. The summed E-state index contributed by atoms with van der Waals surface area (Å²) in [4.78, 5) is 7.16. The van der Waals surface area contributed by atoms with Crippen molar-refractivity contribution in [2.45, 2.75) is 32.6 Å². The van der Waals surface area contributed by atoms with E-state index in [1.54, 1.807) is 0 Å². The highest BCUT2D eigenvalue weighted by Crippen LogP contribution is 2.35. The van der Waals surface area contributed by atoms with Gasteiger partial charge in [-0.3, -0.25) is 4.99 Å². The van der Waals surface area contributed by atoms with Crippen LogP contribution in [0.15, 0.2) is 23.2 Å². The normalized spacial score (nSPS) is 19.9. The van der Waals surface area contributed by atoms with Gasteiger partial charge in [-0.25, -0.2) is 0 Å². The molecule has 0 aromatic heterocycles. The minimum atomic E-state index is -0.103. The molecule has 27 heavy (non-hydrogen) atoms. The first kappa shape index (κ1) is 19.8. The van der Waals surface area contributed by atoms with Crippen LogP contribution in [0.5, 0.6) is 11.5 Å². The summed E-state index contributed by atoms with van der Waals surface area (Å²) in [5, 5.41) is 3.42. The van der Waals surface area contributed by atoms with E-state index >= 15 is 0 Å². The summed E-state index contributed by atoms with van der Waals surface area (Å²) >= 11 is 0. The van der Waals surface area contributed by atoms with Crippen LogP contribution >= 0.6 is 0 Å². The van der Waals surface area contributed by atoms with Gasteiger partial charge in [-0.1, -0.05) is 19.9 Å². The molecule has 3 rings (SSSR count). The van der Waals surface area contributed by atoms with Crippen molar-refractivity contribution >= 4 is 5.96 Å². The lowest BCUT2D eigenvalue weighted by molar-refractivity contribution is 0.171. The number of benzene rings is 1. The van der Waals surface area contributed by atoms with E-state index in [1.807, 2.05) is 6.07 Å². The van der Waals surface area contributed by atoms with Crippen molar-refractivity contribution in [3.05, 3.63) is 23.8 Å². The molecule has 2 aliphatic rings. The van der Waals surface area contributed by atoms with Crippen molar-refractivity contribution in [3.8, 4) is 11.5 Å². The van der Waals surface area contributed by atoms with E-state index in [-0.39, 0.29) is 5.41 Å². The van der Waals surface area contributed by atoms with Gasteiger partial charge in [-0.05, 0) is 31.0 Å². The molecule has 1 aromatic rings. The average molecular weight is 376 g/mol. The van der Waals surface area contributed by atoms with Gasteiger partial charge in [0, 0.05) is 38.1 Å². The van der Waals surface area contributed by atoms with Crippen LogP contribution in [-0.4, -0.2) is 64.0 Å². The van der Waals surface area contributed by atoms with Crippen LogP contribution in [0.1, 0.15) is 32.8 Å². The number of rotatable bonds is 6. The minimum absolute atomic E-state index is 0.103. The predicted octanol–water partition coefficient (Wildman–Crippen LogP) is 2.67. The van der Waals surface area contributed by atoms with Gasteiger partial charge in [0.05, 0.1) is 13.2 Å². The van der Waals surface area contributed by atoms with Crippen LogP contribution in [0.3, 0.4) is 0 Å². The third kappa shape index (κ3) is 5.06. The minimum Gasteiger partial charge on any atom is -0.486 e. The number of hydrogen-bond donors (Lipinski definition) is 1. The SMILES string of the molecule is CCNC(=NCC(C)(C)c1ccc2c(c1)OCCO2)N(C)CC1CCOC1. The molecule has 0 bridgehead atoms. The van der Waals surface area contributed by atoms with Gasteiger partial charge < -0.3 is 24.4 Å². The second kappa shape index (κ2) is 8.83. The molecule has 0 saturated carbocycles. The maximum absolute atomic E-state index is 5.74. The third-order valence-corrected chi connectivity index (χ3v) is 5.20. The van der Waals surface area contributed by atoms with Gasteiger partial charge >= 0.3 is 0 Å². The monoisotopic (exact) mass is 375 g/mol. The van der Waals surface area contributed by atoms with Crippen molar-refractivity contribution < 1.29 is 14.2 Å². The Morgan fingerprint density at radius 3 is 2.70 bits per heavy atom. The molecule has 1 saturated heterocycles. The molecule has 1 atom stereocenters. The summed E-state index contributed by atoms with van der Waals surface area (Å²) in [6, 6.07) is 6.22. The van der Waals surface area contributed by atoms with E-state index in [4.69, 9.17) is 19.2 Å². The van der Waals surface area contributed by atoms with E-state index in [1.165, 1.54) is 5.56 Å². The molecular weight excluding hydrogens is 342 g/mol. The first-order chi connectivity index (χ1) is 13.0. The zero-order chi connectivity index (χ0) is 19.3. The van der Waals surface area contributed by atoms with Crippen molar-refractivity contribution in [2.24, 2.45) is 10.9 Å². The fourth-order valence-corrected chi connectivity index (χ4v) is 3.50. The van der Waals surface area contributed by atoms with Crippen molar-refractivity contribution in [1.82, 2.24) is 10.2 Å². The van der Waals surface area contributed by atoms with Gasteiger partial charge in [0.15, 0.2) is 17.5 Å². The summed E-state index contributed by atoms with van der Waals surface area (Å²) in [5.41, 5.74) is 1.10. The summed E-state index contributed by atoms with van der Waals surface area (Å²) in [6.45, 7) is 12.0. The Bertz CT molecular complexity index is 654. The standard InChI is InChI=1S/C21H33N3O3/c1-5-22-20(24(4)13-16-8-9-25-14-16)23-15-21(2,3)17-6-7-18-19(12-17)27-11-10-26-18/h6-7,12,16H,5,8-11,13-15H2,1-4H3,(H,22,23). The third-order valence-electron chi connectivity index (χ3n) is 5.20. The molecule has 2 aliphatic heterocycles. The summed E-state index contributed by atoms with van der Waals surface area (Å²) in [5.74, 6) is 3.21. The number of aliphatic imine (C=N–C) groups is 1. The second-order valence-electron chi connectivity index (χ2n) is 8.02. The maximum atomic E-state index is 5.74. The molecule has 0 radical (unpaired) electrons. The molecule has 2 heterocycles. The smallest absolute Gasteiger partial charge is 0.193 e. The summed E-state index contributed by atoms with van der Waals surface area (Å²) in [7, 11) is 2.11. The zero-order valence-corrected chi connectivity index (χ0v) is 17.1. The highest BCUT2D eigenvalue weighted by molar-refractivity contribution is 5.79. The van der Waals surface area contributed by atoms with Gasteiger partial charge in [-0.2, -0.15) is 0 Å². The number of hydrogen-bond acceptors (Lipinski definition) is 4. The van der Waals surface area contributed by atoms with E-state index in [9.17, 15) is 0 Å². The number of ether oxygens (including phenoxy) is 3. The first-order valence-corrected chi connectivity index (χ1v) is 9.97. The van der Waals surface area contributed by atoms with Crippen molar-refractivity contribution in [2.75, 3.05) is 53.1 Å². The molecule has 1 N–H and O–H groups in total. The van der Waals surface area contributed by atoms with E-state index in [2.05, 4.69) is 50.2 Å². The number of guanidine groups is 1. The fourth-order valence-electron chi connectivity index (χ4n) is 3.50. The van der Waals surface area contributed by atoms with Crippen LogP contribution in [0.25, 0.3) is 0 Å². The van der Waals surface area contributed by atoms with Gasteiger partial charge in [0.2, 0.25) is 0 Å². The topological polar surface area (TPSA) is 55.3 Å². The molecule has 0 spiro atoms. The molecule has 1 unspecified atom stereocenters. The molecule has 6 heteroatoms. The first-order valence-electron chi connectivity index (χ1n) is 9.97. The summed E-state index contributed by atoms with van der Waals surface area (Å²) in [6.07, 6.45) is 1.13. The second-order valence-corrected chi connectivity index (χ2v) is 8.02. The molecule has 6 nitrogen and oxygen atoms in total. The Balaban J connectivity index is 1.69. The molecule has 0 aliphatic carbocycles. The molecular formula is C21H33N3O3. The van der Waals surface area contributed by atoms with Crippen molar-refractivity contribution in [1.29, 1.82) is 0 Å². The van der Waals surface area contributed by atoms with E-state index in [0.29, 0.717) is 25.7 Å². The lowest BCUT2D eigenvalue weighted by Crippen LogP contribution is -2.42. The highest BCUT2D eigenvalue weighted by atomic mass is 16.6. The van der Waals surface area contributed by atoms with Crippen LogP contribution in [0.2, 0.25) is 0 Å². The molecule has 150 valence electrons. The van der Waals surface area contributed by atoms with Gasteiger partial charge in [0.1, 0.15) is 13.2 Å². The molecule has 1 aromatic carbocycles. The lowest BCUT2D eigenvalue weighted by atomic mass is 9.84. The Morgan fingerprint density at radius 2 is 2.00 bits per heavy atom. The fraction of sp³-hybridized carbons (Fsp3) is 0.667. The Kier molecular flexibility index (Phi) is 6.47. The Hall–Kier alpha value is -1.95. The van der Waals surface area contributed by atoms with Crippen LogP contribution in [0, 0.1) is 5.92 Å². The largest absolute Gasteiger partial charge is 0.486 e. The average Bonchev–Trinajstić information content (AvgIpc) is 3.17. The maximum Gasteiger partial charge on any atom is 0.193 e. The van der Waals surface area contributed by atoms with E-state index < -0.39 is 0 Å². The Morgan fingerprint density at radius 1 is 1.22 bits per heavy atom. The lowest BCUT2D eigenvalue weighted by Gasteiger charge is -2.28. The Labute approximate surface area is 162 Å². The van der Waals surface area contributed by atoms with Gasteiger partial charge in [-0.15, -0.1) is 0 Å². The van der Waals surface area contributed by atoms with E-state index in [0.717, 1.165) is 50.2 Å². The number of fused-ring (bicyclic) bond motifs is 1. The number of nitrogens with one attached hydrogen (secondary N) is 1. The van der Waals surface area contributed by atoms with Crippen LogP contribution < -0.4 is 14.8 Å². The quantitative estimate of drug-likeness (QED) is 0.612. The van der Waals surface area contributed by atoms with Crippen molar-refractivity contribution in [3.63, 3.8) is 0 Å². The van der Waals surface area contributed by atoms with Crippen LogP contribution in [-0.2, 0) is 10.2 Å². The predicted molar refractivity (Wildman–Crippen MR) is 108 cm³/mol. The molecule has 1 fully saturated rings. The van der Waals surface area contributed by atoms with Gasteiger partial charge in [0.25, 0.3) is 0 Å². The number of nitrogens with zero attached hydrogens (tertiary/aromatic N) is 2. The van der Waals surface area contributed by atoms with Crippen LogP contribution in [0.4, 0.5) is 0 Å². The summed E-state index contributed by atoms with van der Waals surface area (Å²) < 4.78 is 16.9.